The fraction of sp³-hybridized carbons (Fsp3) is 0.375. The molecule has 1 saturated heterocycles. The number of amides is 1. The molecule has 1 fully saturated rings. The smallest absolute Gasteiger partial charge is 0.261 e. The maximum atomic E-state index is 12.8. The number of carbonyl (C=O) groups excluding carboxylic acids is 1. The number of pyridine rings is 1. The summed E-state index contributed by atoms with van der Waals surface area (Å²) in [5, 5.41) is 13.0. The Labute approximate surface area is 190 Å². The molecule has 1 aromatic carbocycles. The Morgan fingerprint density at radius 2 is 2.16 bits per heavy atom. The summed E-state index contributed by atoms with van der Waals surface area (Å²) in [5.74, 6) is 1.23. The first-order valence-electron chi connectivity index (χ1n) is 11.1. The largest absolute Gasteiger partial charge is 0.395 e. The Morgan fingerprint density at radius 1 is 1.28 bits per heavy atom. The second-order valence-electron chi connectivity index (χ2n) is 8.16. The minimum atomic E-state index is -0.122. The van der Waals surface area contributed by atoms with Gasteiger partial charge in [-0.15, -0.1) is 11.3 Å². The second-order valence-corrected chi connectivity index (χ2v) is 9.16. The van der Waals surface area contributed by atoms with Crippen molar-refractivity contribution in [1.29, 1.82) is 0 Å². The Hall–Kier alpha value is -2.81. The molecule has 0 unspecified atom stereocenters. The van der Waals surface area contributed by atoms with Crippen LogP contribution in [0, 0.1) is 0 Å². The lowest BCUT2D eigenvalue weighted by Gasteiger charge is -2.17. The molecule has 1 aliphatic heterocycles. The number of fused-ring (bicyclic) bond motifs is 2. The molecule has 32 heavy (non-hydrogen) atoms. The van der Waals surface area contributed by atoms with Crippen LogP contribution in [0.4, 0.5) is 0 Å². The summed E-state index contributed by atoms with van der Waals surface area (Å²) in [7, 11) is 0. The van der Waals surface area contributed by atoms with Crippen molar-refractivity contribution in [2.75, 3.05) is 26.2 Å². The lowest BCUT2D eigenvalue weighted by Crippen LogP contribution is -2.27. The van der Waals surface area contributed by atoms with Gasteiger partial charge >= 0.3 is 0 Å². The van der Waals surface area contributed by atoms with E-state index in [1.165, 1.54) is 16.9 Å². The van der Waals surface area contributed by atoms with Gasteiger partial charge in [-0.3, -0.25) is 9.69 Å². The van der Waals surface area contributed by atoms with Crippen LogP contribution >= 0.6 is 11.3 Å². The second kappa shape index (κ2) is 8.97. The third-order valence-electron chi connectivity index (χ3n) is 6.20. The first-order chi connectivity index (χ1) is 15.7. The van der Waals surface area contributed by atoms with E-state index in [2.05, 4.69) is 51.0 Å². The lowest BCUT2D eigenvalue weighted by molar-refractivity contribution is 0.0947. The van der Waals surface area contributed by atoms with Gasteiger partial charge in [0.1, 0.15) is 10.7 Å². The van der Waals surface area contributed by atoms with Crippen molar-refractivity contribution < 1.29 is 9.90 Å². The zero-order valence-electron chi connectivity index (χ0n) is 18.1. The summed E-state index contributed by atoms with van der Waals surface area (Å²) in [6.45, 7) is 5.88. The number of aliphatic hydroxyl groups is 1. The van der Waals surface area contributed by atoms with Gasteiger partial charge in [0.2, 0.25) is 0 Å². The van der Waals surface area contributed by atoms with Gasteiger partial charge in [-0.1, -0.05) is 18.2 Å². The van der Waals surface area contributed by atoms with Crippen molar-refractivity contribution in [2.24, 2.45) is 0 Å². The summed E-state index contributed by atoms with van der Waals surface area (Å²) in [6, 6.07) is 12.3. The van der Waals surface area contributed by atoms with Crippen molar-refractivity contribution >= 4 is 38.5 Å². The number of rotatable bonds is 7. The Kier molecular flexibility index (Phi) is 5.91. The number of hydrogen-bond donors (Lipinski definition) is 2. The third-order valence-corrected chi connectivity index (χ3v) is 7.33. The Balaban J connectivity index is 1.42. The zero-order valence-corrected chi connectivity index (χ0v) is 18.9. The molecule has 3 aromatic heterocycles. The highest BCUT2D eigenvalue weighted by atomic mass is 32.1. The molecule has 1 aliphatic rings. The Bertz CT molecular complexity index is 1260. The molecule has 0 aliphatic carbocycles. The van der Waals surface area contributed by atoms with E-state index in [1.807, 2.05) is 12.1 Å². The van der Waals surface area contributed by atoms with Crippen LogP contribution in [0.15, 0.2) is 42.6 Å². The number of aliphatic hydroxyl groups excluding tert-OH is 1. The molecule has 2 N–H and O–H groups in total. The number of aryl methyl sites for hydroxylation is 1. The van der Waals surface area contributed by atoms with Crippen LogP contribution in [0.1, 0.15) is 40.3 Å². The summed E-state index contributed by atoms with van der Waals surface area (Å²) in [4.78, 5) is 26.3. The van der Waals surface area contributed by atoms with Gasteiger partial charge in [0.05, 0.1) is 29.1 Å². The zero-order chi connectivity index (χ0) is 22.1. The molecule has 0 bridgehead atoms. The van der Waals surface area contributed by atoms with Gasteiger partial charge in [0.15, 0.2) is 0 Å². The minimum absolute atomic E-state index is 0.0696. The number of nitrogens with one attached hydrogen (secondary N) is 1. The number of benzene rings is 1. The average molecular weight is 450 g/mol. The predicted octanol–water partition coefficient (Wildman–Crippen LogP) is 3.38. The molecular weight excluding hydrogens is 422 g/mol. The highest BCUT2D eigenvalue weighted by molar-refractivity contribution is 7.20. The van der Waals surface area contributed by atoms with Gasteiger partial charge in [0.25, 0.3) is 5.91 Å². The fourth-order valence-electron chi connectivity index (χ4n) is 4.79. The van der Waals surface area contributed by atoms with Crippen LogP contribution < -0.4 is 5.32 Å². The van der Waals surface area contributed by atoms with Crippen LogP contribution in [0.25, 0.3) is 21.3 Å². The van der Waals surface area contributed by atoms with E-state index in [9.17, 15) is 4.79 Å². The van der Waals surface area contributed by atoms with Crippen molar-refractivity contribution in [3.63, 3.8) is 0 Å². The highest BCUT2D eigenvalue weighted by Crippen LogP contribution is 2.39. The maximum absolute atomic E-state index is 12.8. The van der Waals surface area contributed by atoms with Gasteiger partial charge in [-0.2, -0.15) is 0 Å². The number of likely N-dealkylation sites (tertiary alicyclic amines) is 1. The molecule has 166 valence electrons. The number of carbonyl (C=O) groups is 1. The number of para-hydroxylation sites is 2. The summed E-state index contributed by atoms with van der Waals surface area (Å²) >= 11 is 1.44. The number of aromatic nitrogens is 3. The molecule has 0 spiro atoms. The molecular formula is C24H27N5O2S. The van der Waals surface area contributed by atoms with Gasteiger partial charge in [-0.05, 0) is 43.7 Å². The van der Waals surface area contributed by atoms with E-state index < -0.39 is 0 Å². The average Bonchev–Trinajstić information content (AvgIpc) is 3.52. The van der Waals surface area contributed by atoms with Gasteiger partial charge < -0.3 is 15.0 Å². The molecule has 4 aromatic rings. The fourth-order valence-corrected chi connectivity index (χ4v) is 5.93. The van der Waals surface area contributed by atoms with Crippen LogP contribution in [-0.2, 0) is 13.1 Å². The van der Waals surface area contributed by atoms with Crippen molar-refractivity contribution in [1.82, 2.24) is 24.8 Å². The predicted molar refractivity (Wildman–Crippen MR) is 127 cm³/mol. The van der Waals surface area contributed by atoms with E-state index >= 15 is 0 Å². The summed E-state index contributed by atoms with van der Waals surface area (Å²) in [5.41, 5.74) is 3.32. The summed E-state index contributed by atoms with van der Waals surface area (Å²) < 4.78 is 2.29. The van der Waals surface area contributed by atoms with Crippen LogP contribution in [0.2, 0.25) is 0 Å². The lowest BCUT2D eigenvalue weighted by atomic mass is 9.95. The van der Waals surface area contributed by atoms with E-state index in [0.29, 0.717) is 0 Å². The maximum Gasteiger partial charge on any atom is 0.261 e. The van der Waals surface area contributed by atoms with Crippen molar-refractivity contribution in [3.8, 4) is 0 Å². The van der Waals surface area contributed by atoms with Gasteiger partial charge in [0, 0.05) is 37.1 Å². The monoisotopic (exact) mass is 449 g/mol. The SMILES string of the molecule is CCn1c(CN2CC[C@H](c3c(C(=O)NCCO)sc4ncccc34)C2)nc2ccccc21. The van der Waals surface area contributed by atoms with E-state index in [0.717, 1.165) is 64.6 Å². The third kappa shape index (κ3) is 3.79. The molecule has 5 rings (SSSR count). The minimum Gasteiger partial charge on any atom is -0.395 e. The highest BCUT2D eigenvalue weighted by Gasteiger charge is 2.31. The molecule has 1 amide bonds. The normalized spacial score (nSPS) is 16.9. The molecule has 0 saturated carbocycles. The topological polar surface area (TPSA) is 83.3 Å². The van der Waals surface area contributed by atoms with E-state index in [-0.39, 0.29) is 25.0 Å². The van der Waals surface area contributed by atoms with Crippen LogP contribution in [0.3, 0.4) is 0 Å². The number of thiophene rings is 1. The standard InChI is InChI=1S/C24H27N5O2S/c1-2-29-19-8-4-3-7-18(19)27-20(29)15-28-12-9-16(14-28)21-17-6-5-10-26-24(17)32-22(21)23(31)25-11-13-30/h3-8,10,16,30H,2,9,11-15H2,1H3,(H,25,31)/t16-/m0/s1. The van der Waals surface area contributed by atoms with Crippen LogP contribution in [-0.4, -0.2) is 56.7 Å². The molecule has 1 atom stereocenters. The first kappa shape index (κ1) is 21.1. The van der Waals surface area contributed by atoms with Gasteiger partial charge in [-0.25, -0.2) is 9.97 Å². The molecule has 8 heteroatoms. The number of imidazole rings is 1. The first-order valence-corrected chi connectivity index (χ1v) is 11.9. The van der Waals surface area contributed by atoms with Crippen molar-refractivity contribution in [3.05, 3.63) is 58.9 Å². The number of hydrogen-bond acceptors (Lipinski definition) is 6. The van der Waals surface area contributed by atoms with Crippen LogP contribution in [0.5, 0.6) is 0 Å². The molecule has 0 radical (unpaired) electrons. The summed E-state index contributed by atoms with van der Waals surface area (Å²) in [6.07, 6.45) is 2.77. The van der Waals surface area contributed by atoms with Crippen molar-refractivity contribution in [2.45, 2.75) is 32.4 Å². The number of nitrogens with zero attached hydrogens (tertiary/aromatic N) is 4. The molecule has 7 nitrogen and oxygen atoms in total. The molecule has 4 heterocycles. The van der Waals surface area contributed by atoms with E-state index in [1.54, 1.807) is 6.20 Å². The quantitative estimate of drug-likeness (QED) is 0.452. The van der Waals surface area contributed by atoms with E-state index in [4.69, 9.17) is 10.1 Å². The Morgan fingerprint density at radius 3 is 3.00 bits per heavy atom.